The van der Waals surface area contributed by atoms with Crippen molar-refractivity contribution in [2.75, 3.05) is 13.7 Å². The van der Waals surface area contributed by atoms with Crippen LogP contribution in [-0.2, 0) is 9.53 Å². The van der Waals surface area contributed by atoms with Gasteiger partial charge in [0.15, 0.2) is 0 Å². The van der Waals surface area contributed by atoms with E-state index in [1.807, 2.05) is 0 Å². The summed E-state index contributed by atoms with van der Waals surface area (Å²) in [6.07, 6.45) is 10.1. The molecule has 0 saturated carbocycles. The molecule has 0 aromatic rings. The molecular formula is C12H23NO2. The van der Waals surface area contributed by atoms with Crippen LogP contribution in [0.5, 0.6) is 0 Å². The van der Waals surface area contributed by atoms with Gasteiger partial charge in [-0.25, -0.2) is 4.79 Å². The fourth-order valence-corrected chi connectivity index (χ4v) is 1.35. The van der Waals surface area contributed by atoms with E-state index < -0.39 is 0 Å². The van der Waals surface area contributed by atoms with Gasteiger partial charge in [-0.05, 0) is 6.42 Å². The van der Waals surface area contributed by atoms with Gasteiger partial charge in [0.25, 0.3) is 0 Å². The largest absolute Gasteiger partial charge is 0.465 e. The molecule has 0 aromatic carbocycles. The van der Waals surface area contributed by atoms with E-state index in [9.17, 15) is 4.79 Å². The Hall–Kier alpha value is -0.860. The predicted octanol–water partition coefficient (Wildman–Crippen LogP) is 2.98. The van der Waals surface area contributed by atoms with Gasteiger partial charge in [-0.3, -0.25) is 4.99 Å². The van der Waals surface area contributed by atoms with Crippen LogP contribution < -0.4 is 0 Å². The normalized spacial score (nSPS) is 10.8. The van der Waals surface area contributed by atoms with Gasteiger partial charge in [-0.2, -0.15) is 0 Å². The molecule has 0 heterocycles. The number of nitrogens with zero attached hydrogens (tertiary/aromatic N) is 1. The quantitative estimate of drug-likeness (QED) is 0.335. The first-order valence-electron chi connectivity index (χ1n) is 5.89. The van der Waals surface area contributed by atoms with Gasteiger partial charge in [0, 0.05) is 6.54 Å². The number of hydrogen-bond acceptors (Lipinski definition) is 3. The molecule has 0 amide bonds. The van der Waals surface area contributed by atoms with Crippen molar-refractivity contribution in [1.82, 2.24) is 0 Å². The third-order valence-electron chi connectivity index (χ3n) is 2.29. The van der Waals surface area contributed by atoms with E-state index in [1.54, 1.807) is 0 Å². The number of aliphatic imine (C=N–C) groups is 1. The summed E-state index contributed by atoms with van der Waals surface area (Å²) in [4.78, 5) is 14.6. The number of esters is 1. The molecule has 0 radical (unpaired) electrons. The summed E-state index contributed by atoms with van der Waals surface area (Å²) in [5, 5.41) is 0. The van der Waals surface area contributed by atoms with Crippen LogP contribution in [0, 0.1) is 0 Å². The minimum absolute atomic E-state index is 0.363. The van der Waals surface area contributed by atoms with Crippen molar-refractivity contribution in [2.24, 2.45) is 4.99 Å². The average molecular weight is 213 g/mol. The molecule has 0 N–H and O–H groups in total. The maximum absolute atomic E-state index is 10.6. The lowest BCUT2D eigenvalue weighted by molar-refractivity contribution is -0.132. The number of carbonyl (C=O) groups excluding carboxylic acids is 1. The number of hydrogen-bond donors (Lipinski definition) is 0. The van der Waals surface area contributed by atoms with Crippen molar-refractivity contribution in [1.29, 1.82) is 0 Å². The Kier molecular flexibility index (Phi) is 10.6. The summed E-state index contributed by atoms with van der Waals surface area (Å²) in [7, 11) is 1.36. The third kappa shape index (κ3) is 11.1. The van der Waals surface area contributed by atoms with Crippen molar-refractivity contribution in [3.05, 3.63) is 0 Å². The van der Waals surface area contributed by atoms with E-state index in [0.29, 0.717) is 0 Å². The lowest BCUT2D eigenvalue weighted by Gasteiger charge is -1.98. The molecule has 3 nitrogen and oxygen atoms in total. The second-order valence-electron chi connectivity index (χ2n) is 3.68. The van der Waals surface area contributed by atoms with Gasteiger partial charge < -0.3 is 4.74 Å². The zero-order chi connectivity index (χ0) is 11.4. The van der Waals surface area contributed by atoms with Gasteiger partial charge in [0.2, 0.25) is 0 Å². The maximum atomic E-state index is 10.6. The fourth-order valence-electron chi connectivity index (χ4n) is 1.35. The Balaban J connectivity index is 3.11. The minimum atomic E-state index is -0.363. The number of ether oxygens (including phenoxy) is 1. The van der Waals surface area contributed by atoms with Crippen LogP contribution >= 0.6 is 0 Å². The molecule has 0 unspecified atom stereocenters. The van der Waals surface area contributed by atoms with Crippen molar-refractivity contribution >= 4 is 12.2 Å². The van der Waals surface area contributed by atoms with E-state index in [4.69, 9.17) is 0 Å². The third-order valence-corrected chi connectivity index (χ3v) is 2.29. The predicted molar refractivity (Wildman–Crippen MR) is 63.4 cm³/mol. The standard InChI is InChI=1S/C12H23NO2/c1-3-4-5-6-7-8-9-10-13-11-12(14)15-2/h11H,3-10H2,1-2H3. The number of rotatable bonds is 9. The van der Waals surface area contributed by atoms with E-state index >= 15 is 0 Å². The second kappa shape index (κ2) is 11.2. The Morgan fingerprint density at radius 1 is 1.13 bits per heavy atom. The molecule has 3 heteroatoms. The van der Waals surface area contributed by atoms with Crippen LogP contribution in [0.2, 0.25) is 0 Å². The average Bonchev–Trinajstić information content (AvgIpc) is 2.26. The zero-order valence-corrected chi connectivity index (χ0v) is 10.00. The molecule has 0 atom stereocenters. The van der Waals surface area contributed by atoms with E-state index in [0.717, 1.165) is 13.0 Å². The molecule has 0 aromatic heterocycles. The topological polar surface area (TPSA) is 38.7 Å². The lowest BCUT2D eigenvalue weighted by atomic mass is 10.1. The van der Waals surface area contributed by atoms with Gasteiger partial charge >= 0.3 is 5.97 Å². The highest BCUT2D eigenvalue weighted by Gasteiger charge is 1.92. The van der Waals surface area contributed by atoms with E-state index in [1.165, 1.54) is 51.8 Å². The smallest absolute Gasteiger partial charge is 0.348 e. The molecule has 15 heavy (non-hydrogen) atoms. The van der Waals surface area contributed by atoms with E-state index in [-0.39, 0.29) is 5.97 Å². The monoisotopic (exact) mass is 213 g/mol. The van der Waals surface area contributed by atoms with Gasteiger partial charge in [0.05, 0.1) is 7.11 Å². The van der Waals surface area contributed by atoms with Gasteiger partial charge in [0.1, 0.15) is 6.21 Å². The van der Waals surface area contributed by atoms with E-state index in [2.05, 4.69) is 16.7 Å². The molecule has 0 aliphatic carbocycles. The van der Waals surface area contributed by atoms with Crippen LogP contribution in [0.15, 0.2) is 4.99 Å². The van der Waals surface area contributed by atoms with Crippen LogP contribution in [0.3, 0.4) is 0 Å². The van der Waals surface area contributed by atoms with Crippen molar-refractivity contribution < 1.29 is 9.53 Å². The summed E-state index contributed by atoms with van der Waals surface area (Å²) in [5.41, 5.74) is 0. The fraction of sp³-hybridized carbons (Fsp3) is 0.833. The van der Waals surface area contributed by atoms with Crippen LogP contribution in [0.25, 0.3) is 0 Å². The summed E-state index contributed by atoms with van der Waals surface area (Å²) in [5.74, 6) is -0.363. The van der Waals surface area contributed by atoms with Crippen molar-refractivity contribution in [2.45, 2.75) is 51.9 Å². The molecule has 0 bridgehead atoms. The molecule has 0 aliphatic heterocycles. The maximum Gasteiger partial charge on any atom is 0.348 e. The van der Waals surface area contributed by atoms with Gasteiger partial charge in [-0.1, -0.05) is 45.4 Å². The highest BCUT2D eigenvalue weighted by atomic mass is 16.5. The summed E-state index contributed by atoms with van der Waals surface area (Å²) >= 11 is 0. The molecule has 0 aliphatic rings. The summed E-state index contributed by atoms with van der Waals surface area (Å²) in [6, 6.07) is 0. The first-order chi connectivity index (χ1) is 7.31. The lowest BCUT2D eigenvalue weighted by Crippen LogP contribution is -2.01. The van der Waals surface area contributed by atoms with Gasteiger partial charge in [-0.15, -0.1) is 0 Å². The highest BCUT2D eigenvalue weighted by molar-refractivity contribution is 6.23. The highest BCUT2D eigenvalue weighted by Crippen LogP contribution is 2.06. The molecule has 0 saturated heterocycles. The number of carbonyl (C=O) groups is 1. The Morgan fingerprint density at radius 3 is 2.33 bits per heavy atom. The van der Waals surface area contributed by atoms with Crippen LogP contribution in [0.1, 0.15) is 51.9 Å². The van der Waals surface area contributed by atoms with Crippen LogP contribution in [-0.4, -0.2) is 25.8 Å². The first-order valence-corrected chi connectivity index (χ1v) is 5.89. The Morgan fingerprint density at radius 2 is 1.73 bits per heavy atom. The molecule has 88 valence electrons. The first kappa shape index (κ1) is 14.1. The zero-order valence-electron chi connectivity index (χ0n) is 10.00. The molecule has 0 spiro atoms. The molecular weight excluding hydrogens is 190 g/mol. The van der Waals surface area contributed by atoms with Crippen molar-refractivity contribution in [3.63, 3.8) is 0 Å². The van der Waals surface area contributed by atoms with Crippen molar-refractivity contribution in [3.8, 4) is 0 Å². The summed E-state index contributed by atoms with van der Waals surface area (Å²) in [6.45, 7) is 2.96. The second-order valence-corrected chi connectivity index (χ2v) is 3.68. The molecule has 0 fully saturated rings. The SMILES string of the molecule is CCCCCCCCCN=CC(=O)OC. The Labute approximate surface area is 92.9 Å². The Bertz CT molecular complexity index is 178. The minimum Gasteiger partial charge on any atom is -0.465 e. The summed E-state index contributed by atoms with van der Waals surface area (Å²) < 4.78 is 4.43. The molecule has 0 rings (SSSR count). The number of methoxy groups -OCH3 is 1. The number of unbranched alkanes of at least 4 members (excludes halogenated alkanes) is 6. The van der Waals surface area contributed by atoms with Crippen LogP contribution in [0.4, 0.5) is 0 Å².